The van der Waals surface area contributed by atoms with Crippen LogP contribution in [-0.2, 0) is 13.6 Å². The summed E-state index contributed by atoms with van der Waals surface area (Å²) < 4.78 is 3.81. The first-order chi connectivity index (χ1) is 11.1. The van der Waals surface area contributed by atoms with Crippen LogP contribution in [-0.4, -0.2) is 35.0 Å². The largest absolute Gasteiger partial charge is 0.302 e. The summed E-state index contributed by atoms with van der Waals surface area (Å²) in [6, 6.07) is 8.33. The Hall–Kier alpha value is -2.22. The predicted molar refractivity (Wildman–Crippen MR) is 88.9 cm³/mol. The van der Waals surface area contributed by atoms with Gasteiger partial charge in [0.05, 0.1) is 5.25 Å². The molecule has 0 saturated carbocycles. The summed E-state index contributed by atoms with van der Waals surface area (Å²) in [4.78, 5) is 0. The lowest BCUT2D eigenvalue weighted by Gasteiger charge is -2.11. The molecule has 3 rings (SSSR count). The Labute approximate surface area is 139 Å². The molecular formula is C15H19N7S. The van der Waals surface area contributed by atoms with Gasteiger partial charge in [-0.2, -0.15) is 0 Å². The number of hydrogen-bond donors (Lipinski definition) is 0. The molecule has 0 spiro atoms. The monoisotopic (exact) mass is 329 g/mol. The Bertz CT molecular complexity index is 791. The lowest BCUT2D eigenvalue weighted by molar-refractivity contribution is 0.670. The maximum atomic E-state index is 4.38. The van der Waals surface area contributed by atoms with Crippen molar-refractivity contribution in [3.63, 3.8) is 0 Å². The SMILES string of the molecule is CCn1c(S[C@H](C)c2nnnn2C)nnc1-c1ccc(C)cc1. The van der Waals surface area contributed by atoms with Gasteiger partial charge < -0.3 is 4.57 Å². The Morgan fingerprint density at radius 3 is 2.48 bits per heavy atom. The minimum Gasteiger partial charge on any atom is -0.302 e. The van der Waals surface area contributed by atoms with E-state index in [9.17, 15) is 0 Å². The quantitative estimate of drug-likeness (QED) is 0.670. The fourth-order valence-electron chi connectivity index (χ4n) is 2.37. The van der Waals surface area contributed by atoms with Gasteiger partial charge in [0.1, 0.15) is 0 Å². The van der Waals surface area contributed by atoms with Gasteiger partial charge in [0.15, 0.2) is 16.8 Å². The highest BCUT2D eigenvalue weighted by Gasteiger charge is 2.19. The first kappa shape index (κ1) is 15.7. The number of nitrogens with zero attached hydrogens (tertiary/aromatic N) is 7. The van der Waals surface area contributed by atoms with Crippen LogP contribution in [0.25, 0.3) is 11.4 Å². The summed E-state index contributed by atoms with van der Waals surface area (Å²) in [5, 5.41) is 21.4. The van der Waals surface area contributed by atoms with E-state index in [4.69, 9.17) is 0 Å². The highest BCUT2D eigenvalue weighted by atomic mass is 32.2. The molecule has 120 valence electrons. The van der Waals surface area contributed by atoms with Crippen LogP contribution in [0.1, 0.15) is 30.5 Å². The normalized spacial score (nSPS) is 12.5. The zero-order chi connectivity index (χ0) is 16.4. The van der Waals surface area contributed by atoms with E-state index in [1.165, 1.54) is 5.56 Å². The van der Waals surface area contributed by atoms with Crippen molar-refractivity contribution in [1.29, 1.82) is 0 Å². The molecule has 0 bridgehead atoms. The molecule has 0 radical (unpaired) electrons. The topological polar surface area (TPSA) is 74.3 Å². The van der Waals surface area contributed by atoms with Crippen LogP contribution in [0.4, 0.5) is 0 Å². The van der Waals surface area contributed by atoms with Crippen molar-refractivity contribution in [3.8, 4) is 11.4 Å². The van der Waals surface area contributed by atoms with Crippen molar-refractivity contribution in [1.82, 2.24) is 35.0 Å². The lowest BCUT2D eigenvalue weighted by Crippen LogP contribution is -2.04. The van der Waals surface area contributed by atoms with E-state index in [2.05, 4.69) is 75.3 Å². The highest BCUT2D eigenvalue weighted by molar-refractivity contribution is 7.99. The van der Waals surface area contributed by atoms with E-state index in [0.29, 0.717) is 0 Å². The van der Waals surface area contributed by atoms with Crippen molar-refractivity contribution in [2.75, 3.05) is 0 Å². The van der Waals surface area contributed by atoms with Crippen LogP contribution in [0.5, 0.6) is 0 Å². The molecule has 0 aliphatic rings. The number of aryl methyl sites for hydroxylation is 2. The molecule has 0 aliphatic carbocycles. The molecule has 0 N–H and O–H groups in total. The summed E-state index contributed by atoms with van der Waals surface area (Å²) >= 11 is 1.61. The molecule has 0 aliphatic heterocycles. The van der Waals surface area contributed by atoms with Gasteiger partial charge >= 0.3 is 0 Å². The van der Waals surface area contributed by atoms with Crippen LogP contribution in [0, 0.1) is 6.92 Å². The third-order valence-electron chi connectivity index (χ3n) is 3.64. The number of aromatic nitrogens is 7. The molecule has 3 aromatic rings. The number of tetrazole rings is 1. The van der Waals surface area contributed by atoms with E-state index >= 15 is 0 Å². The first-order valence-corrected chi connectivity index (χ1v) is 8.37. The Kier molecular flexibility index (Phi) is 4.42. The molecule has 0 amide bonds. The van der Waals surface area contributed by atoms with Gasteiger partial charge in [-0.1, -0.05) is 41.6 Å². The van der Waals surface area contributed by atoms with Crippen molar-refractivity contribution in [2.24, 2.45) is 7.05 Å². The molecule has 0 fully saturated rings. The summed E-state index contributed by atoms with van der Waals surface area (Å²) in [6.07, 6.45) is 0. The standard InChI is InChI=1S/C15H19N7S/c1-5-22-14(12-8-6-10(2)7-9-12)16-18-15(22)23-11(3)13-17-19-20-21(13)4/h6-9,11H,5H2,1-4H3/t11-/m1/s1. The van der Waals surface area contributed by atoms with Crippen molar-refractivity contribution in [2.45, 2.75) is 37.7 Å². The molecule has 1 atom stereocenters. The maximum absolute atomic E-state index is 4.38. The Morgan fingerprint density at radius 2 is 1.87 bits per heavy atom. The molecule has 7 nitrogen and oxygen atoms in total. The molecule has 23 heavy (non-hydrogen) atoms. The summed E-state index contributed by atoms with van der Waals surface area (Å²) in [5.74, 6) is 1.70. The van der Waals surface area contributed by atoms with Crippen molar-refractivity contribution >= 4 is 11.8 Å². The predicted octanol–water partition coefficient (Wildman–Crippen LogP) is 2.65. The fourth-order valence-corrected chi connectivity index (χ4v) is 3.42. The second-order valence-corrected chi connectivity index (χ2v) is 6.65. The maximum Gasteiger partial charge on any atom is 0.192 e. The number of thioether (sulfide) groups is 1. The van der Waals surface area contributed by atoms with Gasteiger partial charge in [-0.15, -0.1) is 15.3 Å². The van der Waals surface area contributed by atoms with E-state index in [1.54, 1.807) is 16.4 Å². The van der Waals surface area contributed by atoms with Crippen LogP contribution in [0.3, 0.4) is 0 Å². The smallest absolute Gasteiger partial charge is 0.192 e. The second kappa shape index (κ2) is 6.49. The number of hydrogen-bond acceptors (Lipinski definition) is 6. The summed E-state index contributed by atoms with van der Waals surface area (Å²) in [6.45, 7) is 7.05. The fraction of sp³-hybridized carbons (Fsp3) is 0.400. The van der Waals surface area contributed by atoms with Crippen molar-refractivity contribution < 1.29 is 0 Å². The van der Waals surface area contributed by atoms with E-state index in [1.807, 2.05) is 7.05 Å². The minimum atomic E-state index is 0.0929. The van der Waals surface area contributed by atoms with Crippen LogP contribution < -0.4 is 0 Å². The van der Waals surface area contributed by atoms with Crippen LogP contribution in [0.15, 0.2) is 29.4 Å². The highest BCUT2D eigenvalue weighted by Crippen LogP contribution is 2.34. The van der Waals surface area contributed by atoms with E-state index < -0.39 is 0 Å². The second-order valence-electron chi connectivity index (χ2n) is 5.34. The Balaban J connectivity index is 1.89. The third kappa shape index (κ3) is 3.12. The first-order valence-electron chi connectivity index (χ1n) is 7.49. The average molecular weight is 329 g/mol. The summed E-state index contributed by atoms with van der Waals surface area (Å²) in [7, 11) is 1.84. The Morgan fingerprint density at radius 1 is 1.13 bits per heavy atom. The molecule has 2 heterocycles. The number of rotatable bonds is 5. The van der Waals surface area contributed by atoms with Crippen LogP contribution >= 0.6 is 11.8 Å². The van der Waals surface area contributed by atoms with Crippen molar-refractivity contribution in [3.05, 3.63) is 35.7 Å². The molecule has 0 unspecified atom stereocenters. The molecule has 8 heteroatoms. The lowest BCUT2D eigenvalue weighted by atomic mass is 10.1. The van der Waals surface area contributed by atoms with Gasteiger partial charge in [0.25, 0.3) is 0 Å². The van der Waals surface area contributed by atoms with E-state index in [-0.39, 0.29) is 5.25 Å². The van der Waals surface area contributed by atoms with Crippen LogP contribution in [0.2, 0.25) is 0 Å². The zero-order valence-electron chi connectivity index (χ0n) is 13.6. The summed E-state index contributed by atoms with van der Waals surface area (Å²) in [5.41, 5.74) is 2.30. The molecule has 0 saturated heterocycles. The van der Waals surface area contributed by atoms with Gasteiger partial charge in [0, 0.05) is 19.2 Å². The molecular weight excluding hydrogens is 310 g/mol. The van der Waals surface area contributed by atoms with Gasteiger partial charge in [-0.05, 0) is 31.2 Å². The molecule has 2 aromatic heterocycles. The van der Waals surface area contributed by atoms with E-state index in [0.717, 1.165) is 28.9 Å². The average Bonchev–Trinajstić information content (AvgIpc) is 3.14. The zero-order valence-corrected chi connectivity index (χ0v) is 14.4. The van der Waals surface area contributed by atoms with Gasteiger partial charge in [-0.3, -0.25) is 0 Å². The van der Waals surface area contributed by atoms with Gasteiger partial charge in [-0.25, -0.2) is 4.68 Å². The number of benzene rings is 1. The minimum absolute atomic E-state index is 0.0929. The molecule has 1 aromatic carbocycles. The van der Waals surface area contributed by atoms with Gasteiger partial charge in [0.2, 0.25) is 0 Å². The third-order valence-corrected chi connectivity index (χ3v) is 4.72.